The van der Waals surface area contributed by atoms with E-state index in [9.17, 15) is 5.11 Å². The van der Waals surface area contributed by atoms with E-state index in [1.165, 1.54) is 38.5 Å². The Hall–Kier alpha value is -1.35. The molecule has 1 unspecified atom stereocenters. The zero-order chi connectivity index (χ0) is 21.1. The van der Waals surface area contributed by atoms with E-state index in [0.717, 1.165) is 42.0 Å². The summed E-state index contributed by atoms with van der Waals surface area (Å²) in [6, 6.07) is 4.11. The Morgan fingerprint density at radius 1 is 1.10 bits per heavy atom. The Bertz CT molecular complexity index is 817. The molecule has 0 bridgehead atoms. The topological polar surface area (TPSA) is 42.4 Å². The number of hydrogen-bond acceptors (Lipinski definition) is 3. The van der Waals surface area contributed by atoms with Crippen molar-refractivity contribution in [1.29, 1.82) is 0 Å². The average molecular weight is 410 g/mol. The largest absolute Gasteiger partial charge is 0.489 e. The van der Waals surface area contributed by atoms with E-state index in [0.29, 0.717) is 16.7 Å². The molecule has 164 valence electrons. The Morgan fingerprint density at radius 2 is 1.93 bits per heavy atom. The summed E-state index contributed by atoms with van der Waals surface area (Å²) in [6.45, 7) is 9.40. The van der Waals surface area contributed by atoms with Gasteiger partial charge in [0, 0.05) is 11.6 Å². The van der Waals surface area contributed by atoms with Gasteiger partial charge in [-0.15, -0.1) is 0 Å². The van der Waals surface area contributed by atoms with Crippen LogP contribution in [0, 0.1) is 41.4 Å². The van der Waals surface area contributed by atoms with E-state index < -0.39 is 0 Å². The number of hydrogen-bond donors (Lipinski definition) is 1. The fraction of sp³-hybridized carbons (Fsp3) is 0.741. The number of aromatic nitrogens is 1. The molecule has 0 spiro atoms. The van der Waals surface area contributed by atoms with Gasteiger partial charge in [-0.1, -0.05) is 25.5 Å². The van der Waals surface area contributed by atoms with Crippen LogP contribution in [0.2, 0.25) is 0 Å². The first-order valence-corrected chi connectivity index (χ1v) is 12.3. The maximum Gasteiger partial charge on any atom is 0.138 e. The summed E-state index contributed by atoms with van der Waals surface area (Å²) < 4.78 is 6.42. The van der Waals surface area contributed by atoms with Crippen molar-refractivity contribution in [2.45, 2.75) is 91.3 Å². The van der Waals surface area contributed by atoms with Crippen LogP contribution in [-0.4, -0.2) is 22.3 Å². The highest BCUT2D eigenvalue weighted by Gasteiger charge is 2.59. The quantitative estimate of drug-likeness (QED) is 0.614. The fourth-order valence-corrected chi connectivity index (χ4v) is 8.27. The Kier molecular flexibility index (Phi) is 5.04. The Balaban J connectivity index is 1.35. The molecular formula is C27H39NO2. The molecule has 1 aromatic heterocycles. The van der Waals surface area contributed by atoms with Gasteiger partial charge in [-0.2, -0.15) is 0 Å². The standard InChI is InChI=1S/C27H39NO2/c1-17-5-7-21(16-28-17)30-18(2)23-9-10-24-22-8-6-19-15-20(29)11-13-26(19,3)25(22)12-14-27(23,24)4/h5-7,16,18,20,22-25,29H,8-15H2,1-4H3/t18?,20-,22-,23+,24-,25-,26-,27+/m0/s1. The molecule has 8 atom stereocenters. The Labute approximate surface area is 182 Å². The van der Waals surface area contributed by atoms with Crippen LogP contribution in [0.15, 0.2) is 30.0 Å². The fourth-order valence-electron chi connectivity index (χ4n) is 8.27. The van der Waals surface area contributed by atoms with Gasteiger partial charge in [-0.25, -0.2) is 0 Å². The van der Waals surface area contributed by atoms with Crippen molar-refractivity contribution in [3.8, 4) is 5.75 Å². The summed E-state index contributed by atoms with van der Waals surface area (Å²) in [5.41, 5.74) is 3.32. The molecule has 3 saturated carbocycles. The van der Waals surface area contributed by atoms with Crippen molar-refractivity contribution in [3.05, 3.63) is 35.7 Å². The number of aryl methyl sites for hydroxylation is 1. The number of aliphatic hydroxyl groups excluding tert-OH is 1. The lowest BCUT2D eigenvalue weighted by atomic mass is 9.47. The number of ether oxygens (including phenoxy) is 1. The first-order chi connectivity index (χ1) is 14.3. The molecular weight excluding hydrogens is 370 g/mol. The van der Waals surface area contributed by atoms with Crippen LogP contribution in [-0.2, 0) is 0 Å². The van der Waals surface area contributed by atoms with Crippen LogP contribution in [0.5, 0.6) is 5.75 Å². The summed E-state index contributed by atoms with van der Waals surface area (Å²) in [5, 5.41) is 10.2. The number of aliphatic hydroxyl groups is 1. The predicted octanol–water partition coefficient (Wildman–Crippen LogP) is 6.10. The lowest BCUT2D eigenvalue weighted by Crippen LogP contribution is -2.51. The normalized spacial score (nSPS) is 43.8. The van der Waals surface area contributed by atoms with E-state index in [-0.39, 0.29) is 12.2 Å². The van der Waals surface area contributed by atoms with Crippen LogP contribution in [0.4, 0.5) is 0 Å². The van der Waals surface area contributed by atoms with E-state index in [1.54, 1.807) is 5.57 Å². The highest BCUT2D eigenvalue weighted by atomic mass is 16.5. The maximum atomic E-state index is 10.2. The predicted molar refractivity (Wildman–Crippen MR) is 120 cm³/mol. The van der Waals surface area contributed by atoms with Crippen LogP contribution in [0.3, 0.4) is 0 Å². The van der Waals surface area contributed by atoms with Crippen molar-refractivity contribution in [3.63, 3.8) is 0 Å². The highest BCUT2D eigenvalue weighted by molar-refractivity contribution is 5.26. The van der Waals surface area contributed by atoms with Crippen molar-refractivity contribution in [2.75, 3.05) is 0 Å². The minimum absolute atomic E-state index is 0.111. The van der Waals surface area contributed by atoms with Gasteiger partial charge in [0.05, 0.1) is 18.4 Å². The van der Waals surface area contributed by atoms with Gasteiger partial charge in [0.15, 0.2) is 0 Å². The average Bonchev–Trinajstić information content (AvgIpc) is 3.07. The van der Waals surface area contributed by atoms with E-state index >= 15 is 0 Å². The van der Waals surface area contributed by atoms with Gasteiger partial charge >= 0.3 is 0 Å². The molecule has 0 radical (unpaired) electrons. The van der Waals surface area contributed by atoms with Gasteiger partial charge < -0.3 is 9.84 Å². The number of rotatable bonds is 3. The zero-order valence-corrected chi connectivity index (χ0v) is 19.2. The molecule has 1 N–H and O–H groups in total. The minimum Gasteiger partial charge on any atom is -0.489 e. The first-order valence-electron chi connectivity index (χ1n) is 12.3. The molecule has 30 heavy (non-hydrogen) atoms. The van der Waals surface area contributed by atoms with Gasteiger partial charge in [0.2, 0.25) is 0 Å². The molecule has 4 aliphatic rings. The molecule has 4 aliphatic carbocycles. The summed E-state index contributed by atoms with van der Waals surface area (Å²) >= 11 is 0. The minimum atomic E-state index is -0.111. The number of nitrogens with zero attached hydrogens (tertiary/aromatic N) is 1. The van der Waals surface area contributed by atoms with Crippen molar-refractivity contribution >= 4 is 0 Å². The third kappa shape index (κ3) is 3.15. The second-order valence-corrected chi connectivity index (χ2v) is 11.3. The molecule has 1 aromatic rings. The van der Waals surface area contributed by atoms with Crippen molar-refractivity contribution in [2.24, 2.45) is 34.5 Å². The summed E-state index contributed by atoms with van der Waals surface area (Å²) in [6.07, 6.45) is 14.2. The van der Waals surface area contributed by atoms with E-state index in [2.05, 4.69) is 37.9 Å². The first kappa shape index (κ1) is 20.5. The summed E-state index contributed by atoms with van der Waals surface area (Å²) in [5.74, 6) is 3.96. The smallest absolute Gasteiger partial charge is 0.138 e. The Morgan fingerprint density at radius 3 is 2.70 bits per heavy atom. The molecule has 0 amide bonds. The zero-order valence-electron chi connectivity index (χ0n) is 19.2. The molecule has 3 nitrogen and oxygen atoms in total. The SMILES string of the molecule is Cc1ccc(OC(C)[C@H]2CC[C@H]3[C@@H]4CC=C5C[C@@H](O)CC[C@]5(C)[C@H]4CC[C@]23C)cn1. The van der Waals surface area contributed by atoms with Crippen LogP contribution in [0.25, 0.3) is 0 Å². The summed E-state index contributed by atoms with van der Waals surface area (Å²) in [7, 11) is 0. The van der Waals surface area contributed by atoms with Crippen LogP contribution in [0.1, 0.15) is 77.8 Å². The second kappa shape index (κ2) is 7.36. The lowest BCUT2D eigenvalue weighted by molar-refractivity contribution is -0.0643. The number of allylic oxidation sites excluding steroid dienone is 1. The van der Waals surface area contributed by atoms with E-state index in [1.807, 2.05) is 19.2 Å². The third-order valence-electron chi connectivity index (χ3n) is 9.92. The highest BCUT2D eigenvalue weighted by Crippen LogP contribution is 2.66. The van der Waals surface area contributed by atoms with Crippen molar-refractivity contribution in [1.82, 2.24) is 4.98 Å². The summed E-state index contributed by atoms with van der Waals surface area (Å²) in [4.78, 5) is 4.41. The van der Waals surface area contributed by atoms with Gasteiger partial charge in [0.25, 0.3) is 0 Å². The van der Waals surface area contributed by atoms with Gasteiger partial charge in [-0.3, -0.25) is 4.98 Å². The molecule has 0 aliphatic heterocycles. The second-order valence-electron chi connectivity index (χ2n) is 11.3. The number of pyridine rings is 1. The number of fused-ring (bicyclic) bond motifs is 5. The van der Waals surface area contributed by atoms with Gasteiger partial charge in [-0.05, 0) is 106 Å². The molecule has 1 heterocycles. The van der Waals surface area contributed by atoms with Gasteiger partial charge in [0.1, 0.15) is 5.75 Å². The molecule has 0 saturated heterocycles. The van der Waals surface area contributed by atoms with Crippen molar-refractivity contribution < 1.29 is 9.84 Å². The third-order valence-corrected chi connectivity index (χ3v) is 9.92. The molecule has 3 fully saturated rings. The maximum absolute atomic E-state index is 10.2. The lowest BCUT2D eigenvalue weighted by Gasteiger charge is -2.58. The molecule has 0 aromatic carbocycles. The van der Waals surface area contributed by atoms with E-state index in [4.69, 9.17) is 4.74 Å². The molecule has 5 rings (SSSR count). The van der Waals surface area contributed by atoms with Crippen LogP contribution >= 0.6 is 0 Å². The van der Waals surface area contributed by atoms with Crippen LogP contribution < -0.4 is 4.74 Å². The molecule has 3 heteroatoms. The monoisotopic (exact) mass is 409 g/mol.